The molecule has 2 rings (SSSR count). The Balaban J connectivity index is 0.00000288. The zero-order chi connectivity index (χ0) is 17.0. The van der Waals surface area contributed by atoms with E-state index in [1.54, 1.807) is 4.90 Å². The van der Waals surface area contributed by atoms with E-state index in [-0.39, 0.29) is 30.8 Å². The zero-order valence-corrected chi connectivity index (χ0v) is 14.9. The molecule has 1 aliphatic heterocycles. The standard InChI is InChI=1S/C15H20F2N2O3S.ClH/c1-18-12-3-2-8-19(10-12)14(20)9-11-4-6-13(7-5-11)23(21,22)15(16)17;/h4-7,12,15,18H,2-3,8-10H2,1H3;1H. The minimum Gasteiger partial charge on any atom is -0.341 e. The molecule has 1 N–H and O–H groups in total. The first-order valence-corrected chi connectivity index (χ1v) is 8.95. The molecule has 1 aliphatic rings. The summed E-state index contributed by atoms with van der Waals surface area (Å²) in [5.41, 5.74) is 0.606. The highest BCUT2D eigenvalue weighted by molar-refractivity contribution is 7.91. The quantitative estimate of drug-likeness (QED) is 0.844. The molecule has 1 heterocycles. The van der Waals surface area contributed by atoms with E-state index in [4.69, 9.17) is 0 Å². The van der Waals surface area contributed by atoms with Crippen molar-refractivity contribution in [1.29, 1.82) is 0 Å². The summed E-state index contributed by atoms with van der Waals surface area (Å²) >= 11 is 0. The summed E-state index contributed by atoms with van der Waals surface area (Å²) in [4.78, 5) is 13.6. The molecule has 0 saturated carbocycles. The molecule has 0 aliphatic carbocycles. The van der Waals surface area contributed by atoms with Gasteiger partial charge in [0.25, 0.3) is 0 Å². The van der Waals surface area contributed by atoms with Crippen LogP contribution in [0.5, 0.6) is 0 Å². The minimum absolute atomic E-state index is 0. The smallest absolute Gasteiger partial charge is 0.341 e. The lowest BCUT2D eigenvalue weighted by Crippen LogP contribution is -2.47. The van der Waals surface area contributed by atoms with Crippen LogP contribution in [0.3, 0.4) is 0 Å². The molecule has 1 atom stereocenters. The van der Waals surface area contributed by atoms with Gasteiger partial charge >= 0.3 is 5.76 Å². The molecule has 1 fully saturated rings. The Morgan fingerprint density at radius 2 is 1.96 bits per heavy atom. The second kappa shape index (κ2) is 8.73. The topological polar surface area (TPSA) is 66.5 Å². The van der Waals surface area contributed by atoms with Gasteiger partial charge in [-0.25, -0.2) is 8.42 Å². The molecule has 5 nitrogen and oxygen atoms in total. The summed E-state index contributed by atoms with van der Waals surface area (Å²) in [6.45, 7) is 1.35. The highest BCUT2D eigenvalue weighted by Crippen LogP contribution is 2.19. The van der Waals surface area contributed by atoms with Gasteiger partial charge in [-0.05, 0) is 37.6 Å². The Labute approximate surface area is 146 Å². The van der Waals surface area contributed by atoms with Gasteiger partial charge in [0, 0.05) is 19.1 Å². The van der Waals surface area contributed by atoms with Crippen LogP contribution in [0.1, 0.15) is 18.4 Å². The van der Waals surface area contributed by atoms with E-state index in [1.165, 1.54) is 12.1 Å². The predicted octanol–water partition coefficient (Wildman–Crippen LogP) is 1.86. The summed E-state index contributed by atoms with van der Waals surface area (Å²) in [7, 11) is -2.73. The molecular formula is C15H21ClF2N2O3S. The third-order valence-corrected chi connectivity index (χ3v) is 5.42. The molecule has 1 saturated heterocycles. The van der Waals surface area contributed by atoms with E-state index in [2.05, 4.69) is 5.32 Å². The average Bonchev–Trinajstić information content (AvgIpc) is 2.55. The van der Waals surface area contributed by atoms with Crippen molar-refractivity contribution in [1.82, 2.24) is 10.2 Å². The Kier molecular flexibility index (Phi) is 7.56. The molecule has 1 unspecified atom stereocenters. The van der Waals surface area contributed by atoms with Crippen LogP contribution in [0.25, 0.3) is 0 Å². The molecule has 0 radical (unpaired) electrons. The predicted molar refractivity (Wildman–Crippen MR) is 89.2 cm³/mol. The third kappa shape index (κ3) is 4.87. The zero-order valence-electron chi connectivity index (χ0n) is 13.2. The number of alkyl halides is 2. The van der Waals surface area contributed by atoms with Crippen molar-refractivity contribution in [3.8, 4) is 0 Å². The summed E-state index contributed by atoms with van der Waals surface area (Å²) in [5, 5.41) is 3.16. The molecule has 1 aromatic rings. The van der Waals surface area contributed by atoms with Gasteiger partial charge in [-0.3, -0.25) is 4.79 Å². The number of likely N-dealkylation sites (tertiary alicyclic amines) is 1. The van der Waals surface area contributed by atoms with Crippen LogP contribution in [0.4, 0.5) is 8.78 Å². The average molecular weight is 383 g/mol. The van der Waals surface area contributed by atoms with E-state index >= 15 is 0 Å². The van der Waals surface area contributed by atoms with Crippen LogP contribution >= 0.6 is 12.4 Å². The highest BCUT2D eigenvalue weighted by Gasteiger charge is 2.26. The SMILES string of the molecule is CNC1CCCN(C(=O)Cc2ccc(S(=O)(=O)C(F)F)cc2)C1.Cl. The molecular weight excluding hydrogens is 362 g/mol. The van der Waals surface area contributed by atoms with Gasteiger partial charge in [0.1, 0.15) is 0 Å². The Hall–Kier alpha value is -1.25. The number of nitrogens with one attached hydrogen (secondary N) is 1. The van der Waals surface area contributed by atoms with E-state index in [0.717, 1.165) is 25.0 Å². The van der Waals surface area contributed by atoms with Crippen molar-refractivity contribution < 1.29 is 22.0 Å². The Bertz CT molecular complexity index is 653. The number of piperidine rings is 1. The lowest BCUT2D eigenvalue weighted by molar-refractivity contribution is -0.131. The van der Waals surface area contributed by atoms with Crippen LogP contribution < -0.4 is 5.32 Å². The number of hydrogen-bond donors (Lipinski definition) is 1. The summed E-state index contributed by atoms with van der Waals surface area (Å²) in [6, 6.07) is 5.35. The molecule has 1 amide bonds. The fourth-order valence-corrected chi connectivity index (χ4v) is 3.35. The third-order valence-electron chi connectivity index (χ3n) is 4.02. The van der Waals surface area contributed by atoms with Gasteiger partial charge in [0.05, 0.1) is 11.3 Å². The molecule has 136 valence electrons. The first kappa shape index (κ1) is 20.8. The lowest BCUT2D eigenvalue weighted by atomic mass is 10.0. The molecule has 0 spiro atoms. The van der Waals surface area contributed by atoms with Crippen molar-refractivity contribution >= 4 is 28.2 Å². The van der Waals surface area contributed by atoms with Gasteiger partial charge in [0.15, 0.2) is 0 Å². The Morgan fingerprint density at radius 3 is 2.50 bits per heavy atom. The van der Waals surface area contributed by atoms with Gasteiger partial charge in [-0.15, -0.1) is 12.4 Å². The molecule has 9 heteroatoms. The van der Waals surface area contributed by atoms with Crippen LogP contribution in [0, 0.1) is 0 Å². The van der Waals surface area contributed by atoms with Crippen LogP contribution in [-0.4, -0.2) is 51.2 Å². The number of nitrogens with zero attached hydrogens (tertiary/aromatic N) is 1. The largest absolute Gasteiger partial charge is 0.341 e. The normalized spacial score (nSPS) is 18.3. The fraction of sp³-hybridized carbons (Fsp3) is 0.533. The first-order chi connectivity index (χ1) is 10.8. The molecule has 24 heavy (non-hydrogen) atoms. The van der Waals surface area contributed by atoms with Crippen molar-refractivity contribution in [2.75, 3.05) is 20.1 Å². The number of sulfone groups is 1. The number of likely N-dealkylation sites (N-methyl/N-ethyl adjacent to an activating group) is 1. The van der Waals surface area contributed by atoms with Crippen LogP contribution in [0.15, 0.2) is 29.2 Å². The molecule has 1 aromatic carbocycles. The maximum absolute atomic E-state index is 12.5. The second-order valence-electron chi connectivity index (χ2n) is 5.59. The maximum atomic E-state index is 12.5. The van der Waals surface area contributed by atoms with Crippen molar-refractivity contribution in [3.63, 3.8) is 0 Å². The second-order valence-corrected chi connectivity index (χ2v) is 7.51. The van der Waals surface area contributed by atoms with Gasteiger partial charge in [0.2, 0.25) is 15.7 Å². The summed E-state index contributed by atoms with van der Waals surface area (Å²) < 4.78 is 47.6. The molecule has 0 bridgehead atoms. The van der Waals surface area contributed by atoms with E-state index in [1.807, 2.05) is 7.05 Å². The summed E-state index contributed by atoms with van der Waals surface area (Å²) in [5.74, 6) is -3.49. The van der Waals surface area contributed by atoms with Gasteiger partial charge in [-0.1, -0.05) is 12.1 Å². The number of amides is 1. The van der Waals surface area contributed by atoms with Crippen molar-refractivity contribution in [3.05, 3.63) is 29.8 Å². The van der Waals surface area contributed by atoms with E-state index in [9.17, 15) is 22.0 Å². The number of halogens is 3. The number of carbonyl (C=O) groups excluding carboxylic acids is 1. The molecule has 0 aromatic heterocycles. The van der Waals surface area contributed by atoms with Crippen LogP contribution in [0.2, 0.25) is 0 Å². The fourth-order valence-electron chi connectivity index (χ4n) is 2.63. The Morgan fingerprint density at radius 1 is 1.33 bits per heavy atom. The number of hydrogen-bond acceptors (Lipinski definition) is 4. The highest BCUT2D eigenvalue weighted by atomic mass is 35.5. The van der Waals surface area contributed by atoms with E-state index < -0.39 is 20.5 Å². The number of benzene rings is 1. The lowest BCUT2D eigenvalue weighted by Gasteiger charge is -2.32. The number of rotatable bonds is 5. The van der Waals surface area contributed by atoms with Gasteiger partial charge in [-0.2, -0.15) is 8.78 Å². The van der Waals surface area contributed by atoms with Crippen molar-refractivity contribution in [2.45, 2.75) is 36.0 Å². The van der Waals surface area contributed by atoms with Gasteiger partial charge < -0.3 is 10.2 Å². The summed E-state index contributed by atoms with van der Waals surface area (Å²) in [6.07, 6.45) is 2.09. The monoisotopic (exact) mass is 382 g/mol. The first-order valence-electron chi connectivity index (χ1n) is 7.40. The van der Waals surface area contributed by atoms with Crippen LogP contribution in [-0.2, 0) is 21.1 Å². The minimum atomic E-state index is -4.59. The number of carbonyl (C=O) groups is 1. The van der Waals surface area contributed by atoms with Crippen molar-refractivity contribution in [2.24, 2.45) is 0 Å². The maximum Gasteiger partial charge on any atom is 0.341 e. The van der Waals surface area contributed by atoms with E-state index in [0.29, 0.717) is 18.7 Å².